The van der Waals surface area contributed by atoms with Gasteiger partial charge in [0.25, 0.3) is 5.91 Å². The average molecular weight is 356 g/mol. The van der Waals surface area contributed by atoms with Crippen LogP contribution in [-0.4, -0.2) is 51.9 Å². The van der Waals surface area contributed by atoms with Crippen LogP contribution < -0.4 is 5.43 Å². The van der Waals surface area contributed by atoms with Crippen molar-refractivity contribution in [2.24, 2.45) is 7.05 Å². The zero-order valence-electron chi connectivity index (χ0n) is 15.0. The summed E-state index contributed by atoms with van der Waals surface area (Å²) in [4.78, 5) is 27.5. The molecule has 2 aromatic rings. The molecule has 1 N–H and O–H groups in total. The van der Waals surface area contributed by atoms with Gasteiger partial charge in [0.15, 0.2) is 0 Å². The van der Waals surface area contributed by atoms with Crippen molar-refractivity contribution in [2.45, 2.75) is 37.4 Å². The lowest BCUT2D eigenvalue weighted by Gasteiger charge is -2.46. The minimum absolute atomic E-state index is 0.201. The third-order valence-electron chi connectivity index (χ3n) is 5.84. The molecular formula is C20H24N2O4. The Kier molecular flexibility index (Phi) is 4.32. The van der Waals surface area contributed by atoms with Gasteiger partial charge in [0.2, 0.25) is 5.43 Å². The number of likely N-dealkylation sites (tertiary alicyclic amines) is 1. The predicted octanol–water partition coefficient (Wildman–Crippen LogP) is 1.68. The number of ether oxygens (including phenoxy) is 1. The van der Waals surface area contributed by atoms with Crippen molar-refractivity contribution in [2.75, 3.05) is 19.7 Å². The summed E-state index contributed by atoms with van der Waals surface area (Å²) in [7, 11) is 1.84. The summed E-state index contributed by atoms with van der Waals surface area (Å²) in [5.74, 6) is -0.239. The van der Waals surface area contributed by atoms with E-state index in [1.807, 2.05) is 29.8 Å². The minimum atomic E-state index is -0.524. The van der Waals surface area contributed by atoms with Gasteiger partial charge in [-0.3, -0.25) is 9.59 Å². The quantitative estimate of drug-likeness (QED) is 0.844. The van der Waals surface area contributed by atoms with Gasteiger partial charge in [0.05, 0.1) is 17.2 Å². The maximum Gasteiger partial charge on any atom is 0.259 e. The summed E-state index contributed by atoms with van der Waals surface area (Å²) in [6, 6.07) is 7.32. The van der Waals surface area contributed by atoms with Crippen LogP contribution in [0.15, 0.2) is 35.3 Å². The van der Waals surface area contributed by atoms with Crippen LogP contribution in [0.2, 0.25) is 0 Å². The van der Waals surface area contributed by atoms with Gasteiger partial charge >= 0.3 is 0 Å². The molecule has 138 valence electrons. The summed E-state index contributed by atoms with van der Waals surface area (Å²) in [6.45, 7) is 1.65. The number of nitrogens with zero attached hydrogens (tertiary/aromatic N) is 2. The maximum absolute atomic E-state index is 13.0. The number of amides is 1. The molecule has 0 radical (unpaired) electrons. The Morgan fingerprint density at radius 1 is 1.27 bits per heavy atom. The number of hydrogen-bond acceptors (Lipinski definition) is 4. The maximum atomic E-state index is 13.0. The summed E-state index contributed by atoms with van der Waals surface area (Å²) in [6.07, 6.45) is 3.99. The van der Waals surface area contributed by atoms with E-state index in [1.54, 1.807) is 17.2 Å². The molecule has 26 heavy (non-hydrogen) atoms. The molecule has 0 bridgehead atoms. The fourth-order valence-corrected chi connectivity index (χ4v) is 4.24. The van der Waals surface area contributed by atoms with Gasteiger partial charge in [-0.05, 0) is 37.8 Å². The van der Waals surface area contributed by atoms with Crippen molar-refractivity contribution < 1.29 is 14.6 Å². The zero-order chi connectivity index (χ0) is 18.3. The van der Waals surface area contributed by atoms with Gasteiger partial charge in [-0.25, -0.2) is 0 Å². The first kappa shape index (κ1) is 17.2. The van der Waals surface area contributed by atoms with Gasteiger partial charge < -0.3 is 19.3 Å². The van der Waals surface area contributed by atoms with E-state index in [0.717, 1.165) is 18.4 Å². The molecule has 1 amide bonds. The molecule has 0 unspecified atom stereocenters. The normalized spacial score (nSPS) is 22.7. The zero-order valence-corrected chi connectivity index (χ0v) is 15.0. The van der Waals surface area contributed by atoms with Crippen molar-refractivity contribution in [1.82, 2.24) is 9.47 Å². The van der Waals surface area contributed by atoms with Crippen molar-refractivity contribution in [3.8, 4) is 0 Å². The minimum Gasteiger partial charge on any atom is -0.390 e. The van der Waals surface area contributed by atoms with E-state index in [9.17, 15) is 14.7 Å². The van der Waals surface area contributed by atoms with E-state index >= 15 is 0 Å². The third-order valence-corrected chi connectivity index (χ3v) is 5.84. The Balaban J connectivity index is 1.59. The molecule has 6 heteroatoms. The number of hydrogen-bond donors (Lipinski definition) is 1. The third kappa shape index (κ3) is 2.73. The number of para-hydroxylation sites is 1. The van der Waals surface area contributed by atoms with Crippen LogP contribution in [0, 0.1) is 0 Å². The van der Waals surface area contributed by atoms with Crippen molar-refractivity contribution in [3.63, 3.8) is 0 Å². The Bertz CT molecular complexity index is 896. The number of piperidine rings is 1. The van der Waals surface area contributed by atoms with Crippen LogP contribution in [0.1, 0.15) is 36.0 Å². The number of aliphatic hydroxyl groups excluding tert-OH is 1. The molecule has 0 aliphatic carbocycles. The monoisotopic (exact) mass is 356 g/mol. The van der Waals surface area contributed by atoms with E-state index in [2.05, 4.69) is 0 Å². The second-order valence-corrected chi connectivity index (χ2v) is 7.36. The molecule has 1 spiro atoms. The van der Waals surface area contributed by atoms with Crippen molar-refractivity contribution >= 4 is 16.8 Å². The van der Waals surface area contributed by atoms with Crippen LogP contribution >= 0.6 is 0 Å². The first-order valence-electron chi connectivity index (χ1n) is 9.21. The molecule has 0 saturated carbocycles. The molecule has 2 aliphatic heterocycles. The van der Waals surface area contributed by atoms with Gasteiger partial charge in [-0.1, -0.05) is 12.1 Å². The number of aryl methyl sites for hydroxylation is 1. The Morgan fingerprint density at radius 3 is 2.73 bits per heavy atom. The highest BCUT2D eigenvalue weighted by Crippen LogP contribution is 2.35. The van der Waals surface area contributed by atoms with E-state index in [1.165, 1.54) is 0 Å². The fourth-order valence-electron chi connectivity index (χ4n) is 4.24. The molecule has 1 atom stereocenters. The molecule has 1 aromatic heterocycles. The summed E-state index contributed by atoms with van der Waals surface area (Å²) < 4.78 is 7.72. The van der Waals surface area contributed by atoms with Gasteiger partial charge in [0, 0.05) is 38.3 Å². The Labute approximate surface area is 152 Å². The number of carbonyl (C=O) groups excluding carboxylic acids is 1. The number of rotatable bonds is 1. The molecule has 1 aromatic carbocycles. The number of aromatic nitrogens is 1. The fraction of sp³-hybridized carbons (Fsp3) is 0.500. The van der Waals surface area contributed by atoms with Gasteiger partial charge in [-0.15, -0.1) is 0 Å². The van der Waals surface area contributed by atoms with Crippen LogP contribution in [0.25, 0.3) is 10.9 Å². The number of pyridine rings is 1. The van der Waals surface area contributed by atoms with Crippen LogP contribution in [0.4, 0.5) is 0 Å². The highest BCUT2D eigenvalue weighted by Gasteiger charge is 2.44. The lowest BCUT2D eigenvalue weighted by atomic mass is 9.82. The highest BCUT2D eigenvalue weighted by atomic mass is 16.5. The number of fused-ring (bicyclic) bond motifs is 1. The molecular weight excluding hydrogens is 332 g/mol. The van der Waals surface area contributed by atoms with Gasteiger partial charge in [0.1, 0.15) is 5.56 Å². The van der Waals surface area contributed by atoms with Crippen molar-refractivity contribution in [3.05, 3.63) is 46.2 Å². The van der Waals surface area contributed by atoms with Crippen LogP contribution in [0.3, 0.4) is 0 Å². The van der Waals surface area contributed by atoms with E-state index in [-0.39, 0.29) is 16.9 Å². The molecule has 4 rings (SSSR count). The Morgan fingerprint density at radius 2 is 2.00 bits per heavy atom. The number of carbonyl (C=O) groups is 1. The summed E-state index contributed by atoms with van der Waals surface area (Å²) in [5.41, 5.74) is 0.263. The van der Waals surface area contributed by atoms with E-state index in [0.29, 0.717) is 37.9 Å². The number of benzene rings is 1. The molecule has 6 nitrogen and oxygen atoms in total. The second kappa shape index (κ2) is 6.52. The van der Waals surface area contributed by atoms with Crippen molar-refractivity contribution in [1.29, 1.82) is 0 Å². The smallest absolute Gasteiger partial charge is 0.259 e. The summed E-state index contributed by atoms with van der Waals surface area (Å²) in [5, 5.41) is 10.9. The first-order chi connectivity index (χ1) is 12.5. The predicted molar refractivity (Wildman–Crippen MR) is 98.3 cm³/mol. The lowest BCUT2D eigenvalue weighted by molar-refractivity contribution is -0.174. The Hall–Kier alpha value is -2.18. The largest absolute Gasteiger partial charge is 0.390 e. The lowest BCUT2D eigenvalue weighted by Crippen LogP contribution is -2.56. The number of aliphatic hydroxyl groups is 1. The first-order valence-corrected chi connectivity index (χ1v) is 9.21. The standard InChI is InChI=1S/C20H24N2O4/c1-21-13-15(18(24)14-5-2-3-6-16(14)21)19(25)22-10-8-20(9-11-22)17(23)7-4-12-26-20/h2-3,5-6,13,17,23H,4,7-12H2,1H3/t17-/m1/s1. The van der Waals surface area contributed by atoms with E-state index < -0.39 is 11.7 Å². The second-order valence-electron chi connectivity index (χ2n) is 7.36. The average Bonchev–Trinajstić information content (AvgIpc) is 2.67. The van der Waals surface area contributed by atoms with Crippen LogP contribution in [-0.2, 0) is 11.8 Å². The van der Waals surface area contributed by atoms with E-state index in [4.69, 9.17) is 4.74 Å². The SMILES string of the molecule is Cn1cc(C(=O)N2CCC3(CC2)OCCC[C@H]3O)c(=O)c2ccccc21. The highest BCUT2D eigenvalue weighted by molar-refractivity contribution is 5.97. The molecule has 3 heterocycles. The summed E-state index contributed by atoms with van der Waals surface area (Å²) >= 11 is 0. The van der Waals surface area contributed by atoms with Gasteiger partial charge in [-0.2, -0.15) is 0 Å². The van der Waals surface area contributed by atoms with Crippen LogP contribution in [0.5, 0.6) is 0 Å². The molecule has 2 fully saturated rings. The molecule has 2 saturated heterocycles. The molecule has 2 aliphatic rings. The topological polar surface area (TPSA) is 71.8 Å².